The standard InChI is InChI=1S/C26H37F2N5O4S/c1-16-19(32(15-26(36-9)11-12-26)31-20(16)25(8,27)28)21(34)30-17-10-13-29-18(14-17)38-33(23(2,3)4)22(35)37-24(5,6)7/h10,13-14H,11-12,15H2,1-9H3,(H,29,30,34). The molecule has 0 aliphatic heterocycles. The summed E-state index contributed by atoms with van der Waals surface area (Å²) in [7, 11) is 1.56. The van der Waals surface area contributed by atoms with Crippen molar-refractivity contribution in [2.45, 2.75) is 102 Å². The monoisotopic (exact) mass is 553 g/mol. The van der Waals surface area contributed by atoms with Crippen molar-refractivity contribution in [3.05, 3.63) is 35.3 Å². The third kappa shape index (κ3) is 7.22. The molecule has 0 spiro atoms. The molecule has 3 rings (SSSR count). The van der Waals surface area contributed by atoms with Gasteiger partial charge in [0.05, 0.1) is 12.1 Å². The second-order valence-corrected chi connectivity index (χ2v) is 12.6. The summed E-state index contributed by atoms with van der Waals surface area (Å²) in [5, 5.41) is 7.31. The molecule has 1 fully saturated rings. The van der Waals surface area contributed by atoms with E-state index in [1.165, 1.54) is 22.1 Å². The molecule has 2 aromatic heterocycles. The number of hydrogen-bond acceptors (Lipinski definition) is 7. The zero-order valence-electron chi connectivity index (χ0n) is 23.4. The van der Waals surface area contributed by atoms with E-state index < -0.39 is 40.4 Å². The lowest BCUT2D eigenvalue weighted by atomic mass is 10.1. The fourth-order valence-corrected chi connectivity index (χ4v) is 4.64. The van der Waals surface area contributed by atoms with E-state index >= 15 is 0 Å². The van der Waals surface area contributed by atoms with E-state index in [-0.39, 0.29) is 17.8 Å². The molecule has 1 saturated carbocycles. The summed E-state index contributed by atoms with van der Waals surface area (Å²) < 4.78 is 42.4. The quantitative estimate of drug-likeness (QED) is 0.390. The zero-order chi connectivity index (χ0) is 28.7. The summed E-state index contributed by atoms with van der Waals surface area (Å²) in [6, 6.07) is 3.19. The highest BCUT2D eigenvalue weighted by molar-refractivity contribution is 7.97. The van der Waals surface area contributed by atoms with Gasteiger partial charge < -0.3 is 14.8 Å². The van der Waals surface area contributed by atoms with Gasteiger partial charge in [0.25, 0.3) is 11.8 Å². The Kier molecular flexibility index (Phi) is 8.19. The normalized spacial score (nSPS) is 15.2. The fourth-order valence-electron chi connectivity index (χ4n) is 3.78. The number of rotatable bonds is 8. The van der Waals surface area contributed by atoms with Gasteiger partial charge in [-0.25, -0.2) is 14.1 Å². The Morgan fingerprint density at radius 3 is 2.32 bits per heavy atom. The van der Waals surface area contributed by atoms with Crippen molar-refractivity contribution in [1.82, 2.24) is 19.1 Å². The second kappa shape index (κ2) is 10.4. The van der Waals surface area contributed by atoms with E-state index in [9.17, 15) is 18.4 Å². The van der Waals surface area contributed by atoms with Crippen LogP contribution in [0, 0.1) is 6.92 Å². The molecule has 2 amide bonds. The maximum atomic E-state index is 14.3. The Hall–Kier alpha value is -2.73. The van der Waals surface area contributed by atoms with Crippen LogP contribution in [0.15, 0.2) is 23.4 Å². The lowest BCUT2D eigenvalue weighted by molar-refractivity contribution is 0.0103. The number of aromatic nitrogens is 3. The number of ether oxygens (including phenoxy) is 2. The molecule has 2 heterocycles. The summed E-state index contributed by atoms with van der Waals surface area (Å²) in [6.07, 6.45) is 2.49. The van der Waals surface area contributed by atoms with Crippen molar-refractivity contribution in [3.8, 4) is 0 Å². The van der Waals surface area contributed by atoms with Crippen LogP contribution in [0.5, 0.6) is 0 Å². The highest BCUT2D eigenvalue weighted by Crippen LogP contribution is 2.41. The van der Waals surface area contributed by atoms with E-state index in [2.05, 4.69) is 15.4 Å². The molecule has 2 aromatic rings. The predicted molar refractivity (Wildman–Crippen MR) is 141 cm³/mol. The summed E-state index contributed by atoms with van der Waals surface area (Å²) in [5.41, 5.74) is -1.70. The van der Waals surface area contributed by atoms with E-state index in [4.69, 9.17) is 9.47 Å². The van der Waals surface area contributed by atoms with E-state index in [0.717, 1.165) is 31.7 Å². The van der Waals surface area contributed by atoms with Crippen LogP contribution >= 0.6 is 11.9 Å². The number of anilines is 1. The van der Waals surface area contributed by atoms with Crippen molar-refractivity contribution in [3.63, 3.8) is 0 Å². The van der Waals surface area contributed by atoms with Crippen molar-refractivity contribution in [2.75, 3.05) is 12.4 Å². The first-order chi connectivity index (χ1) is 17.3. The molecule has 1 aliphatic rings. The summed E-state index contributed by atoms with van der Waals surface area (Å²) in [6.45, 7) is 13.4. The lowest BCUT2D eigenvalue weighted by Crippen LogP contribution is -2.43. The molecule has 210 valence electrons. The van der Waals surface area contributed by atoms with Gasteiger partial charge in [-0.15, -0.1) is 0 Å². The Morgan fingerprint density at radius 2 is 1.82 bits per heavy atom. The second-order valence-electron chi connectivity index (χ2n) is 11.6. The van der Waals surface area contributed by atoms with Crippen molar-refractivity contribution in [1.29, 1.82) is 0 Å². The average Bonchev–Trinajstić information content (AvgIpc) is 3.44. The predicted octanol–water partition coefficient (Wildman–Crippen LogP) is 6.17. The molecular weight excluding hydrogens is 516 g/mol. The van der Waals surface area contributed by atoms with Gasteiger partial charge in [-0.05, 0) is 73.4 Å². The molecule has 0 radical (unpaired) electrons. The van der Waals surface area contributed by atoms with Crippen LogP contribution < -0.4 is 5.32 Å². The number of amides is 2. The molecule has 0 bridgehead atoms. The maximum Gasteiger partial charge on any atom is 0.421 e. The molecule has 12 heteroatoms. The van der Waals surface area contributed by atoms with Gasteiger partial charge in [-0.3, -0.25) is 9.48 Å². The fraction of sp³-hybridized carbons (Fsp3) is 0.615. The maximum absolute atomic E-state index is 14.3. The minimum atomic E-state index is -3.22. The van der Waals surface area contributed by atoms with Crippen LogP contribution in [0.25, 0.3) is 0 Å². The number of pyridine rings is 1. The molecule has 1 aliphatic carbocycles. The van der Waals surface area contributed by atoms with Gasteiger partial charge >= 0.3 is 6.09 Å². The van der Waals surface area contributed by atoms with Crippen LogP contribution in [0.3, 0.4) is 0 Å². The summed E-state index contributed by atoms with van der Waals surface area (Å²) in [4.78, 5) is 30.6. The summed E-state index contributed by atoms with van der Waals surface area (Å²) >= 11 is 1.08. The number of alkyl halides is 2. The Morgan fingerprint density at radius 1 is 1.18 bits per heavy atom. The van der Waals surface area contributed by atoms with E-state index in [1.807, 2.05) is 20.8 Å². The molecule has 1 N–H and O–H groups in total. The number of halogens is 2. The SMILES string of the molecule is COC1(Cn2nc(C(C)(F)F)c(C)c2C(=O)Nc2ccnc(SN(C(=O)OC(C)(C)C)C(C)(C)C)c2)CC1. The molecule has 9 nitrogen and oxygen atoms in total. The number of carbonyl (C=O) groups is 2. The number of nitrogens with zero attached hydrogens (tertiary/aromatic N) is 4. The van der Waals surface area contributed by atoms with Gasteiger partial charge in [0.1, 0.15) is 22.0 Å². The van der Waals surface area contributed by atoms with Crippen molar-refractivity contribution in [2.24, 2.45) is 0 Å². The Labute approximate surface area is 226 Å². The van der Waals surface area contributed by atoms with Gasteiger partial charge in [-0.1, -0.05) is 0 Å². The molecule has 0 saturated heterocycles. The van der Waals surface area contributed by atoms with Gasteiger partial charge in [0, 0.05) is 49.0 Å². The van der Waals surface area contributed by atoms with Gasteiger partial charge in [0.15, 0.2) is 0 Å². The zero-order valence-corrected chi connectivity index (χ0v) is 24.3. The molecule has 0 aromatic carbocycles. The molecule has 0 atom stereocenters. The Bertz CT molecular complexity index is 1190. The van der Waals surface area contributed by atoms with E-state index in [1.54, 1.807) is 40.0 Å². The number of hydrogen-bond donors (Lipinski definition) is 1. The topological polar surface area (TPSA) is 98.6 Å². The smallest absolute Gasteiger partial charge is 0.421 e. The van der Waals surface area contributed by atoms with Crippen molar-refractivity contribution >= 4 is 29.6 Å². The highest BCUT2D eigenvalue weighted by atomic mass is 32.2. The third-order valence-corrected chi connectivity index (χ3v) is 7.13. The first-order valence-electron chi connectivity index (χ1n) is 12.3. The minimum Gasteiger partial charge on any atom is -0.443 e. The van der Waals surface area contributed by atoms with Gasteiger partial charge in [-0.2, -0.15) is 13.9 Å². The van der Waals surface area contributed by atoms with Crippen LogP contribution in [-0.4, -0.2) is 54.9 Å². The average molecular weight is 554 g/mol. The van der Waals surface area contributed by atoms with Crippen LogP contribution in [0.1, 0.15) is 83.1 Å². The number of methoxy groups -OCH3 is 1. The first-order valence-corrected chi connectivity index (χ1v) is 13.1. The summed E-state index contributed by atoms with van der Waals surface area (Å²) in [5.74, 6) is -3.80. The minimum absolute atomic E-state index is 0.0425. The van der Waals surface area contributed by atoms with E-state index in [0.29, 0.717) is 10.7 Å². The van der Waals surface area contributed by atoms with Gasteiger partial charge in [0.2, 0.25) is 0 Å². The number of carbonyl (C=O) groups excluding carboxylic acids is 2. The third-order valence-electron chi connectivity index (χ3n) is 5.84. The molecule has 0 unspecified atom stereocenters. The molecule has 38 heavy (non-hydrogen) atoms. The number of nitrogens with one attached hydrogen (secondary N) is 1. The Balaban J connectivity index is 1.87. The van der Waals surface area contributed by atoms with Crippen LogP contribution in [0.2, 0.25) is 0 Å². The largest absolute Gasteiger partial charge is 0.443 e. The van der Waals surface area contributed by atoms with Crippen LogP contribution in [0.4, 0.5) is 19.3 Å². The lowest BCUT2D eigenvalue weighted by Gasteiger charge is -2.35. The first kappa shape index (κ1) is 29.8. The van der Waals surface area contributed by atoms with Crippen molar-refractivity contribution < 1.29 is 27.8 Å². The molecular formula is C26H37F2N5O4S. The van der Waals surface area contributed by atoms with Crippen LogP contribution in [-0.2, 0) is 21.9 Å². The highest BCUT2D eigenvalue weighted by Gasteiger charge is 2.45.